The first-order chi connectivity index (χ1) is 17.4. The average Bonchev–Trinajstić information content (AvgIpc) is 3.47. The van der Waals surface area contributed by atoms with Crippen molar-refractivity contribution < 1.29 is 55.3 Å². The smallest absolute Gasteiger partial charge is 1.00 e. The number of benzene rings is 1. The van der Waals surface area contributed by atoms with Gasteiger partial charge in [0.2, 0.25) is 11.8 Å². The number of hydrogen-bond donors (Lipinski definition) is 4. The third-order valence-corrected chi connectivity index (χ3v) is 8.92. The zero-order chi connectivity index (χ0) is 25.0. The van der Waals surface area contributed by atoms with E-state index in [9.17, 15) is 24.3 Å². The molecule has 2 aromatic rings. The van der Waals surface area contributed by atoms with Gasteiger partial charge in [-0.2, -0.15) is 0 Å². The summed E-state index contributed by atoms with van der Waals surface area (Å²) in [6.07, 6.45) is 2.38. The SMILES string of the molecule is O=C(CSc1nc2ccccc2[nH]1)N[C@@H]1C(=O)N2C(C(=O)O)=C(C(=C3CCNC3=O)C3CC3)CS[C@H]12.[H-].[Na+]. The fourth-order valence-corrected chi connectivity index (χ4v) is 7.06. The van der Waals surface area contributed by atoms with Crippen molar-refractivity contribution in [3.8, 4) is 0 Å². The molecule has 188 valence electrons. The topological polar surface area (TPSA) is 144 Å². The second-order valence-corrected chi connectivity index (χ2v) is 11.2. The Labute approximate surface area is 244 Å². The summed E-state index contributed by atoms with van der Waals surface area (Å²) in [7, 11) is 0. The quantitative estimate of drug-likeness (QED) is 0.145. The maximum absolute atomic E-state index is 13.1. The van der Waals surface area contributed by atoms with Crippen LogP contribution < -0.4 is 40.2 Å². The van der Waals surface area contributed by atoms with Gasteiger partial charge in [0.25, 0.3) is 5.91 Å². The Morgan fingerprint density at radius 3 is 2.73 bits per heavy atom. The van der Waals surface area contributed by atoms with Gasteiger partial charge in [-0.1, -0.05) is 23.9 Å². The van der Waals surface area contributed by atoms with Gasteiger partial charge in [-0.15, -0.1) is 11.8 Å². The number of nitrogens with one attached hydrogen (secondary N) is 3. The molecule has 2 saturated heterocycles. The van der Waals surface area contributed by atoms with E-state index in [1.807, 2.05) is 24.3 Å². The van der Waals surface area contributed by atoms with Gasteiger partial charge in [-0.05, 0) is 48.5 Å². The summed E-state index contributed by atoms with van der Waals surface area (Å²) in [5.41, 5.74) is 3.64. The third-order valence-electron chi connectivity index (χ3n) is 6.77. The van der Waals surface area contributed by atoms with Crippen LogP contribution in [-0.4, -0.2) is 73.1 Å². The summed E-state index contributed by atoms with van der Waals surface area (Å²) < 4.78 is 0. The first kappa shape index (κ1) is 26.4. The summed E-state index contributed by atoms with van der Waals surface area (Å²) in [5, 5.41) is 15.8. The van der Waals surface area contributed by atoms with Gasteiger partial charge in [0.15, 0.2) is 5.16 Å². The van der Waals surface area contributed by atoms with Crippen molar-refractivity contribution in [3.63, 3.8) is 0 Å². The predicted molar refractivity (Wildman–Crippen MR) is 135 cm³/mol. The summed E-state index contributed by atoms with van der Waals surface area (Å²) >= 11 is 2.66. The number of carboxylic acids is 1. The van der Waals surface area contributed by atoms with E-state index in [2.05, 4.69) is 20.6 Å². The summed E-state index contributed by atoms with van der Waals surface area (Å²) in [5.74, 6) is -1.50. The molecule has 3 aliphatic heterocycles. The summed E-state index contributed by atoms with van der Waals surface area (Å²) in [4.78, 5) is 59.3. The van der Waals surface area contributed by atoms with E-state index in [1.165, 1.54) is 28.4 Å². The Bertz CT molecular complexity index is 1360. The van der Waals surface area contributed by atoms with Crippen LogP contribution in [0.1, 0.15) is 20.7 Å². The van der Waals surface area contributed by atoms with Gasteiger partial charge in [0.05, 0.1) is 16.8 Å². The molecule has 10 nitrogen and oxygen atoms in total. The molecule has 4 N–H and O–H groups in total. The van der Waals surface area contributed by atoms with E-state index in [1.54, 1.807) is 0 Å². The summed E-state index contributed by atoms with van der Waals surface area (Å²) in [6, 6.07) is 6.78. The van der Waals surface area contributed by atoms with Crippen molar-refractivity contribution >= 4 is 58.2 Å². The fourth-order valence-electron chi connectivity index (χ4n) is 5.00. The predicted octanol–water partition coefficient (Wildman–Crippen LogP) is -1.26. The summed E-state index contributed by atoms with van der Waals surface area (Å²) in [6.45, 7) is 0.540. The number of carbonyl (C=O) groups excluding carboxylic acids is 3. The van der Waals surface area contributed by atoms with Gasteiger partial charge < -0.3 is 22.2 Å². The van der Waals surface area contributed by atoms with E-state index in [0.29, 0.717) is 35.0 Å². The molecule has 4 aliphatic rings. The maximum atomic E-state index is 13.1. The molecule has 1 aromatic heterocycles. The second-order valence-electron chi connectivity index (χ2n) is 9.11. The molecule has 0 bridgehead atoms. The van der Waals surface area contributed by atoms with Crippen molar-refractivity contribution in [2.45, 2.75) is 35.8 Å². The normalized spacial score (nSPS) is 24.3. The molecule has 3 fully saturated rings. The number of aromatic amines is 1. The number of imidazole rings is 1. The number of carboxylic acid groups (broad SMARTS) is 1. The molecule has 1 saturated carbocycles. The average molecular weight is 550 g/mol. The van der Waals surface area contributed by atoms with E-state index in [4.69, 9.17) is 0 Å². The minimum Gasteiger partial charge on any atom is -1.00 e. The molecule has 13 heteroatoms. The second kappa shape index (κ2) is 10.5. The van der Waals surface area contributed by atoms with Crippen LogP contribution in [-0.2, 0) is 19.2 Å². The molecule has 2 atom stereocenters. The molecule has 6 rings (SSSR count). The number of nitrogens with zero attached hydrogens (tertiary/aromatic N) is 2. The number of H-pyrrole nitrogens is 1. The van der Waals surface area contributed by atoms with Crippen molar-refractivity contribution in [2.75, 3.05) is 18.1 Å². The van der Waals surface area contributed by atoms with Crippen LogP contribution in [0.4, 0.5) is 0 Å². The number of thioether (sulfide) groups is 2. The van der Waals surface area contributed by atoms with Crippen LogP contribution in [0.3, 0.4) is 0 Å². The Morgan fingerprint density at radius 2 is 2.05 bits per heavy atom. The number of hydrogen-bond acceptors (Lipinski definition) is 7. The number of rotatable bonds is 7. The van der Waals surface area contributed by atoms with Crippen LogP contribution in [0, 0.1) is 5.92 Å². The van der Waals surface area contributed by atoms with E-state index in [-0.39, 0.29) is 60.2 Å². The molecule has 4 heterocycles. The Morgan fingerprint density at radius 1 is 1.27 bits per heavy atom. The first-order valence-corrected chi connectivity index (χ1v) is 13.8. The Kier molecular flexibility index (Phi) is 7.47. The number of fused-ring (bicyclic) bond motifs is 2. The van der Waals surface area contributed by atoms with Crippen LogP contribution in [0.25, 0.3) is 11.0 Å². The molecule has 1 aromatic carbocycles. The van der Waals surface area contributed by atoms with Gasteiger partial charge in [0.1, 0.15) is 17.1 Å². The van der Waals surface area contributed by atoms with Crippen LogP contribution in [0.5, 0.6) is 0 Å². The molecular weight excluding hydrogens is 525 g/mol. The van der Waals surface area contributed by atoms with E-state index in [0.717, 1.165) is 29.4 Å². The molecule has 3 amide bonds. The number of β-lactam (4-membered cyclic amide) rings is 1. The van der Waals surface area contributed by atoms with Gasteiger partial charge in [0, 0.05) is 17.9 Å². The van der Waals surface area contributed by atoms with E-state index >= 15 is 0 Å². The first-order valence-electron chi connectivity index (χ1n) is 11.7. The minimum absolute atomic E-state index is 0. The van der Waals surface area contributed by atoms with Gasteiger partial charge >= 0.3 is 35.5 Å². The number of amides is 3. The van der Waals surface area contributed by atoms with Crippen LogP contribution >= 0.6 is 23.5 Å². The molecular formula is C24H24N5NaO5S2. The molecule has 37 heavy (non-hydrogen) atoms. The van der Waals surface area contributed by atoms with Gasteiger partial charge in [-0.3, -0.25) is 19.3 Å². The zero-order valence-corrected chi connectivity index (χ0v) is 23.7. The third kappa shape index (κ3) is 4.85. The van der Waals surface area contributed by atoms with Gasteiger partial charge in [-0.25, -0.2) is 9.78 Å². The molecule has 0 radical (unpaired) electrons. The van der Waals surface area contributed by atoms with Crippen molar-refractivity contribution in [1.29, 1.82) is 0 Å². The minimum atomic E-state index is -1.19. The van der Waals surface area contributed by atoms with Crippen LogP contribution in [0.15, 0.2) is 51.8 Å². The monoisotopic (exact) mass is 549 g/mol. The standard InChI is InChI=1S/C24H23N5O5S2.Na.H/c30-16(10-36-24-26-14-3-1-2-4-15(14)27-24)28-18-21(32)29-19(23(33)34)13(9-35-22(18)29)17(11-5-6-11)12-7-8-25-20(12)31;;/h1-4,11,18,22H,5-10H2,(H,25,31)(H,26,27)(H,28,30)(H,33,34);;/q;+1;-1/t18-,22-;;/m1../s1. The molecule has 0 spiro atoms. The van der Waals surface area contributed by atoms with E-state index < -0.39 is 23.3 Å². The maximum Gasteiger partial charge on any atom is 1.00 e. The Hall–Kier alpha value is -2.25. The Balaban J connectivity index is 0.00000168. The zero-order valence-electron chi connectivity index (χ0n) is 21.1. The fraction of sp³-hybridized carbons (Fsp3) is 0.375. The van der Waals surface area contributed by atoms with Crippen molar-refractivity contribution in [1.82, 2.24) is 25.5 Å². The van der Waals surface area contributed by atoms with Crippen molar-refractivity contribution in [3.05, 3.63) is 46.7 Å². The number of aromatic nitrogens is 2. The number of para-hydroxylation sites is 2. The largest absolute Gasteiger partial charge is 1.00 e. The number of allylic oxidation sites excluding steroid dienone is 1. The van der Waals surface area contributed by atoms with Crippen molar-refractivity contribution in [2.24, 2.45) is 5.92 Å². The number of aliphatic carboxylic acids is 1. The number of carbonyl (C=O) groups is 4. The molecule has 0 unspecified atom stereocenters. The molecule has 1 aliphatic carbocycles. The van der Waals surface area contributed by atoms with Crippen LogP contribution in [0.2, 0.25) is 0 Å².